The minimum atomic E-state index is -1.06. The zero-order valence-corrected chi connectivity index (χ0v) is 11.0. The lowest BCUT2D eigenvalue weighted by Gasteiger charge is -2.26. The van der Waals surface area contributed by atoms with E-state index in [4.69, 9.17) is 5.11 Å². The molecule has 0 aromatic carbocycles. The van der Waals surface area contributed by atoms with Crippen LogP contribution >= 0.6 is 0 Å². The van der Waals surface area contributed by atoms with E-state index >= 15 is 0 Å². The van der Waals surface area contributed by atoms with E-state index < -0.39 is 5.97 Å². The normalized spacial score (nSPS) is 17.1. The summed E-state index contributed by atoms with van der Waals surface area (Å²) in [6.45, 7) is 2.01. The Hall–Kier alpha value is -1.91. The number of hydrogen-bond acceptors (Lipinski definition) is 3. The standard InChI is InChI=1S/C14H18N2O3/c1-2-14(6-3-4-7-14)13(19)16-11-9-15-8-5-10(11)12(17)18/h5,8-9H,2-4,6-7H2,1H3,(H,16,19)(H,17,18). The maximum Gasteiger partial charge on any atom is 0.337 e. The molecule has 2 N–H and O–H groups in total. The Labute approximate surface area is 112 Å². The highest BCUT2D eigenvalue weighted by molar-refractivity contribution is 6.02. The molecule has 102 valence electrons. The molecule has 19 heavy (non-hydrogen) atoms. The van der Waals surface area contributed by atoms with Gasteiger partial charge in [-0.05, 0) is 25.3 Å². The van der Waals surface area contributed by atoms with Crippen molar-refractivity contribution >= 4 is 17.6 Å². The predicted molar refractivity (Wildman–Crippen MR) is 71.0 cm³/mol. The number of carbonyl (C=O) groups excluding carboxylic acids is 1. The lowest BCUT2D eigenvalue weighted by molar-refractivity contribution is -0.125. The van der Waals surface area contributed by atoms with Crippen LogP contribution in [-0.2, 0) is 4.79 Å². The van der Waals surface area contributed by atoms with E-state index in [0.717, 1.165) is 32.1 Å². The summed E-state index contributed by atoms with van der Waals surface area (Å²) >= 11 is 0. The molecule has 1 fully saturated rings. The van der Waals surface area contributed by atoms with Gasteiger partial charge in [0.1, 0.15) is 0 Å². The summed E-state index contributed by atoms with van der Waals surface area (Å²) in [6, 6.07) is 1.39. The zero-order valence-electron chi connectivity index (χ0n) is 11.0. The third-order valence-electron chi connectivity index (χ3n) is 4.02. The minimum absolute atomic E-state index is 0.0765. The average molecular weight is 262 g/mol. The average Bonchev–Trinajstić information content (AvgIpc) is 2.89. The van der Waals surface area contributed by atoms with E-state index in [0.29, 0.717) is 0 Å². The summed E-state index contributed by atoms with van der Waals surface area (Å²) in [5.41, 5.74) is 0.0124. The molecule has 0 spiro atoms. The second-order valence-electron chi connectivity index (χ2n) is 5.02. The fraction of sp³-hybridized carbons (Fsp3) is 0.500. The van der Waals surface area contributed by atoms with Gasteiger partial charge in [-0.2, -0.15) is 0 Å². The highest BCUT2D eigenvalue weighted by atomic mass is 16.4. The molecule has 1 saturated carbocycles. The second kappa shape index (κ2) is 5.38. The molecule has 1 heterocycles. The first-order valence-corrected chi connectivity index (χ1v) is 6.58. The van der Waals surface area contributed by atoms with Gasteiger partial charge in [0.2, 0.25) is 5.91 Å². The van der Waals surface area contributed by atoms with Crippen LogP contribution in [0.25, 0.3) is 0 Å². The molecule has 0 saturated heterocycles. The van der Waals surface area contributed by atoms with E-state index in [1.54, 1.807) is 0 Å². The van der Waals surface area contributed by atoms with E-state index in [-0.39, 0.29) is 22.6 Å². The van der Waals surface area contributed by atoms with E-state index in [1.807, 2.05) is 6.92 Å². The molecular formula is C14H18N2O3. The van der Waals surface area contributed by atoms with Crippen molar-refractivity contribution in [2.24, 2.45) is 5.41 Å². The molecule has 1 amide bonds. The molecule has 0 unspecified atom stereocenters. The molecule has 1 aliphatic rings. The van der Waals surface area contributed by atoms with Crippen molar-refractivity contribution in [3.05, 3.63) is 24.0 Å². The number of carbonyl (C=O) groups is 2. The maximum absolute atomic E-state index is 12.4. The Bertz CT molecular complexity index is 493. The lowest BCUT2D eigenvalue weighted by Crippen LogP contribution is -2.33. The van der Waals surface area contributed by atoms with Gasteiger partial charge in [-0.15, -0.1) is 0 Å². The van der Waals surface area contributed by atoms with Gasteiger partial charge in [-0.3, -0.25) is 9.78 Å². The molecule has 1 aliphatic carbocycles. The van der Waals surface area contributed by atoms with E-state index in [1.165, 1.54) is 18.5 Å². The smallest absolute Gasteiger partial charge is 0.337 e. The minimum Gasteiger partial charge on any atom is -0.478 e. The van der Waals surface area contributed by atoms with Crippen molar-refractivity contribution in [3.8, 4) is 0 Å². The monoisotopic (exact) mass is 262 g/mol. The zero-order chi connectivity index (χ0) is 13.9. The summed E-state index contributed by atoms with van der Waals surface area (Å²) in [5, 5.41) is 11.8. The quantitative estimate of drug-likeness (QED) is 0.874. The fourth-order valence-corrected chi connectivity index (χ4v) is 2.73. The highest BCUT2D eigenvalue weighted by Crippen LogP contribution is 2.41. The van der Waals surface area contributed by atoms with Crippen LogP contribution in [-0.4, -0.2) is 22.0 Å². The number of anilines is 1. The fourth-order valence-electron chi connectivity index (χ4n) is 2.73. The van der Waals surface area contributed by atoms with Crippen molar-refractivity contribution < 1.29 is 14.7 Å². The Morgan fingerprint density at radius 3 is 2.68 bits per heavy atom. The van der Waals surface area contributed by atoms with Crippen molar-refractivity contribution in [1.29, 1.82) is 0 Å². The molecule has 0 atom stereocenters. The number of pyridine rings is 1. The van der Waals surface area contributed by atoms with Crippen LogP contribution in [0.3, 0.4) is 0 Å². The van der Waals surface area contributed by atoms with Gasteiger partial charge in [-0.1, -0.05) is 19.8 Å². The molecule has 0 bridgehead atoms. The van der Waals surface area contributed by atoms with Crippen LogP contribution in [0.15, 0.2) is 18.5 Å². The summed E-state index contributed by atoms with van der Waals surface area (Å²) in [7, 11) is 0. The Morgan fingerprint density at radius 1 is 1.42 bits per heavy atom. The molecular weight excluding hydrogens is 244 g/mol. The van der Waals surface area contributed by atoms with Crippen LogP contribution in [0.2, 0.25) is 0 Å². The molecule has 5 heteroatoms. The number of rotatable bonds is 4. The number of hydrogen-bond donors (Lipinski definition) is 2. The predicted octanol–water partition coefficient (Wildman–Crippen LogP) is 2.69. The van der Waals surface area contributed by atoms with Crippen LogP contribution < -0.4 is 5.32 Å². The summed E-state index contributed by atoms with van der Waals surface area (Å²) in [5.74, 6) is -1.14. The Kier molecular flexibility index (Phi) is 3.83. The molecule has 0 aliphatic heterocycles. The highest BCUT2D eigenvalue weighted by Gasteiger charge is 2.39. The SMILES string of the molecule is CCC1(C(=O)Nc2cnccc2C(=O)O)CCCC1. The number of aromatic nitrogens is 1. The maximum atomic E-state index is 12.4. The Morgan fingerprint density at radius 2 is 2.11 bits per heavy atom. The summed E-state index contributed by atoms with van der Waals surface area (Å²) in [4.78, 5) is 27.4. The van der Waals surface area contributed by atoms with Gasteiger partial charge >= 0.3 is 5.97 Å². The first-order chi connectivity index (χ1) is 9.09. The van der Waals surface area contributed by atoms with Gasteiger partial charge in [0.05, 0.1) is 17.4 Å². The van der Waals surface area contributed by atoms with Crippen LogP contribution in [0, 0.1) is 5.41 Å². The second-order valence-corrected chi connectivity index (χ2v) is 5.02. The van der Waals surface area contributed by atoms with Crippen molar-refractivity contribution in [1.82, 2.24) is 4.98 Å². The summed E-state index contributed by atoms with van der Waals surface area (Å²) < 4.78 is 0. The Balaban J connectivity index is 2.21. The van der Waals surface area contributed by atoms with Crippen LogP contribution in [0.4, 0.5) is 5.69 Å². The number of carboxylic acid groups (broad SMARTS) is 1. The molecule has 2 rings (SSSR count). The number of carboxylic acids is 1. The largest absolute Gasteiger partial charge is 0.478 e. The van der Waals surface area contributed by atoms with Gasteiger partial charge in [0, 0.05) is 11.6 Å². The number of aromatic carboxylic acids is 1. The van der Waals surface area contributed by atoms with Crippen LogP contribution in [0.1, 0.15) is 49.4 Å². The molecule has 5 nitrogen and oxygen atoms in total. The van der Waals surface area contributed by atoms with Crippen LogP contribution in [0.5, 0.6) is 0 Å². The summed E-state index contributed by atoms with van der Waals surface area (Å²) in [6.07, 6.45) is 7.43. The third-order valence-corrected chi connectivity index (χ3v) is 4.02. The van der Waals surface area contributed by atoms with Gasteiger partial charge in [0.25, 0.3) is 0 Å². The number of nitrogens with one attached hydrogen (secondary N) is 1. The van der Waals surface area contributed by atoms with E-state index in [9.17, 15) is 9.59 Å². The van der Waals surface area contributed by atoms with Crippen molar-refractivity contribution in [3.63, 3.8) is 0 Å². The van der Waals surface area contributed by atoms with Gasteiger partial charge < -0.3 is 10.4 Å². The van der Waals surface area contributed by atoms with Gasteiger partial charge in [0.15, 0.2) is 0 Å². The topological polar surface area (TPSA) is 79.3 Å². The van der Waals surface area contributed by atoms with E-state index in [2.05, 4.69) is 10.3 Å². The number of nitrogens with zero attached hydrogens (tertiary/aromatic N) is 1. The first-order valence-electron chi connectivity index (χ1n) is 6.58. The molecule has 1 aromatic heterocycles. The number of amides is 1. The van der Waals surface area contributed by atoms with Gasteiger partial charge in [-0.25, -0.2) is 4.79 Å². The lowest BCUT2D eigenvalue weighted by atomic mass is 9.82. The molecule has 0 radical (unpaired) electrons. The van der Waals surface area contributed by atoms with Crippen molar-refractivity contribution in [2.45, 2.75) is 39.0 Å². The first kappa shape index (κ1) is 13.5. The molecule has 1 aromatic rings. The van der Waals surface area contributed by atoms with Crippen molar-refractivity contribution in [2.75, 3.05) is 5.32 Å². The third kappa shape index (κ3) is 2.59.